The summed E-state index contributed by atoms with van der Waals surface area (Å²) < 4.78 is 27.2. The third-order valence-corrected chi connectivity index (χ3v) is 6.71. The van der Waals surface area contributed by atoms with Crippen LogP contribution in [-0.2, 0) is 10.0 Å². The Balaban J connectivity index is 2.08. The maximum Gasteiger partial charge on any atom is 0.242 e. The van der Waals surface area contributed by atoms with Gasteiger partial charge in [-0.1, -0.05) is 39.9 Å². The number of rotatable bonds is 5. The van der Waals surface area contributed by atoms with E-state index in [1.165, 1.54) is 18.3 Å². The number of hydrogen-bond donors (Lipinski definition) is 2. The zero-order chi connectivity index (χ0) is 16.1. The molecule has 116 valence electrons. The van der Waals surface area contributed by atoms with Gasteiger partial charge in [-0.25, -0.2) is 13.1 Å². The van der Waals surface area contributed by atoms with Crippen molar-refractivity contribution < 1.29 is 8.42 Å². The fraction of sp³-hybridized carbons (Fsp3) is 0.571. The molecule has 21 heavy (non-hydrogen) atoms. The topological polar surface area (TPSA) is 85.1 Å². The summed E-state index contributed by atoms with van der Waals surface area (Å²) >= 11 is 4.79. The minimum Gasteiger partial charge on any atom is -0.388 e. The molecule has 0 bridgehead atoms. The van der Waals surface area contributed by atoms with Crippen molar-refractivity contribution in [2.45, 2.75) is 32.6 Å². The Morgan fingerprint density at radius 2 is 1.90 bits per heavy atom. The van der Waals surface area contributed by atoms with Gasteiger partial charge in [-0.2, -0.15) is 0 Å². The van der Waals surface area contributed by atoms with Gasteiger partial charge in [0.15, 0.2) is 0 Å². The minimum absolute atomic E-state index is 0.124. The molecule has 1 aliphatic carbocycles. The van der Waals surface area contributed by atoms with Crippen molar-refractivity contribution in [2.24, 2.45) is 22.5 Å². The number of nitrogens with one attached hydrogen (secondary N) is 1. The highest BCUT2D eigenvalue weighted by molar-refractivity contribution is 7.89. The van der Waals surface area contributed by atoms with Gasteiger partial charge in [-0.15, -0.1) is 0 Å². The molecule has 0 atom stereocenters. The van der Waals surface area contributed by atoms with Gasteiger partial charge in [-0.3, -0.25) is 4.98 Å². The second-order valence-electron chi connectivity index (χ2n) is 6.59. The number of nitrogens with zero attached hydrogens (tertiary/aromatic N) is 1. The highest BCUT2D eigenvalue weighted by Crippen LogP contribution is 2.67. The predicted molar refractivity (Wildman–Crippen MR) is 86.4 cm³/mol. The van der Waals surface area contributed by atoms with E-state index in [0.29, 0.717) is 18.2 Å². The maximum atomic E-state index is 12.3. The SMILES string of the molecule is CC1(C)C(CNS(=O)(=O)c2ccc(C(N)=S)nc2)C1(C)C. The van der Waals surface area contributed by atoms with Gasteiger partial charge in [0.05, 0.1) is 5.69 Å². The Bertz CT molecular complexity index is 650. The van der Waals surface area contributed by atoms with Gasteiger partial charge in [0.2, 0.25) is 10.0 Å². The van der Waals surface area contributed by atoms with E-state index in [1.807, 2.05) is 0 Å². The largest absolute Gasteiger partial charge is 0.388 e. The highest BCUT2D eigenvalue weighted by Gasteiger charge is 2.64. The lowest BCUT2D eigenvalue weighted by Crippen LogP contribution is -2.27. The summed E-state index contributed by atoms with van der Waals surface area (Å²) in [6.07, 6.45) is 1.28. The van der Waals surface area contributed by atoms with Crippen LogP contribution in [0.5, 0.6) is 0 Å². The Kier molecular flexibility index (Phi) is 3.89. The van der Waals surface area contributed by atoms with Crippen LogP contribution >= 0.6 is 12.2 Å². The number of aromatic nitrogens is 1. The molecule has 1 aliphatic rings. The van der Waals surface area contributed by atoms with Crippen LogP contribution in [-0.4, -0.2) is 24.9 Å². The number of sulfonamides is 1. The van der Waals surface area contributed by atoms with Gasteiger partial charge >= 0.3 is 0 Å². The number of hydrogen-bond acceptors (Lipinski definition) is 4. The molecule has 1 aromatic rings. The number of nitrogens with two attached hydrogens (primary N) is 1. The average molecular weight is 327 g/mol. The van der Waals surface area contributed by atoms with E-state index >= 15 is 0 Å². The van der Waals surface area contributed by atoms with E-state index in [4.69, 9.17) is 18.0 Å². The fourth-order valence-corrected chi connectivity index (χ4v) is 3.92. The lowest BCUT2D eigenvalue weighted by atomic mass is 10.0. The van der Waals surface area contributed by atoms with Gasteiger partial charge in [0, 0.05) is 12.7 Å². The van der Waals surface area contributed by atoms with Crippen LogP contribution in [0, 0.1) is 16.7 Å². The first kappa shape index (κ1) is 16.3. The van der Waals surface area contributed by atoms with Crippen LogP contribution in [0.4, 0.5) is 0 Å². The number of thiocarbonyl (C=S) groups is 1. The van der Waals surface area contributed by atoms with Crippen LogP contribution in [0.2, 0.25) is 0 Å². The maximum absolute atomic E-state index is 12.3. The van der Waals surface area contributed by atoms with E-state index in [0.717, 1.165) is 0 Å². The first-order valence-electron chi connectivity index (χ1n) is 6.75. The smallest absolute Gasteiger partial charge is 0.242 e. The average Bonchev–Trinajstić information content (AvgIpc) is 2.77. The van der Waals surface area contributed by atoms with Crippen molar-refractivity contribution in [2.75, 3.05) is 6.54 Å². The van der Waals surface area contributed by atoms with Crippen LogP contribution in [0.3, 0.4) is 0 Å². The van der Waals surface area contributed by atoms with Crippen molar-refractivity contribution in [3.63, 3.8) is 0 Å². The Labute approximate surface area is 131 Å². The molecule has 0 aliphatic heterocycles. The molecular formula is C14H21N3O2S2. The molecule has 0 saturated heterocycles. The third kappa shape index (κ3) is 2.82. The number of pyridine rings is 1. The highest BCUT2D eigenvalue weighted by atomic mass is 32.2. The minimum atomic E-state index is -3.55. The molecule has 3 N–H and O–H groups in total. The second-order valence-corrected chi connectivity index (χ2v) is 8.80. The van der Waals surface area contributed by atoms with Gasteiger partial charge < -0.3 is 5.73 Å². The van der Waals surface area contributed by atoms with Crippen molar-refractivity contribution >= 4 is 27.2 Å². The van der Waals surface area contributed by atoms with Crippen molar-refractivity contribution in [3.8, 4) is 0 Å². The quantitative estimate of drug-likeness (QED) is 0.804. The first-order chi connectivity index (χ1) is 9.50. The van der Waals surface area contributed by atoms with Crippen LogP contribution < -0.4 is 10.5 Å². The third-order valence-electron chi connectivity index (χ3n) is 5.10. The Hall–Kier alpha value is -1.05. The Morgan fingerprint density at radius 1 is 1.33 bits per heavy atom. The summed E-state index contributed by atoms with van der Waals surface area (Å²) in [6, 6.07) is 2.98. The normalized spacial score (nSPS) is 20.2. The standard InChI is InChI=1S/C14H21N3O2S2/c1-13(2)11(14(13,3)4)8-17-21(18,19)9-5-6-10(12(15)20)16-7-9/h5-7,11,17H,8H2,1-4H3,(H2,15,20). The molecule has 1 heterocycles. The molecule has 0 aromatic carbocycles. The zero-order valence-corrected chi connectivity index (χ0v) is 14.3. The van der Waals surface area contributed by atoms with E-state index < -0.39 is 10.0 Å². The van der Waals surface area contributed by atoms with E-state index in [1.54, 1.807) is 0 Å². The summed E-state index contributed by atoms with van der Waals surface area (Å²) in [5.41, 5.74) is 6.14. The van der Waals surface area contributed by atoms with Gasteiger partial charge in [-0.05, 0) is 28.9 Å². The lowest BCUT2D eigenvalue weighted by molar-refractivity contribution is 0.457. The van der Waals surface area contributed by atoms with Crippen LogP contribution in [0.25, 0.3) is 0 Å². The van der Waals surface area contributed by atoms with E-state index in [-0.39, 0.29) is 20.7 Å². The zero-order valence-electron chi connectivity index (χ0n) is 12.7. The summed E-state index contributed by atoms with van der Waals surface area (Å²) in [4.78, 5) is 4.23. The van der Waals surface area contributed by atoms with Crippen LogP contribution in [0.15, 0.2) is 23.2 Å². The molecule has 5 nitrogen and oxygen atoms in total. The molecule has 7 heteroatoms. The molecule has 1 fully saturated rings. The molecule has 1 saturated carbocycles. The molecule has 2 rings (SSSR count). The molecule has 1 aromatic heterocycles. The van der Waals surface area contributed by atoms with Crippen molar-refractivity contribution in [3.05, 3.63) is 24.0 Å². The summed E-state index contributed by atoms with van der Waals surface area (Å²) in [5.74, 6) is 0.323. The van der Waals surface area contributed by atoms with Crippen LogP contribution in [0.1, 0.15) is 33.4 Å². The monoisotopic (exact) mass is 327 g/mol. The predicted octanol–water partition coefficient (Wildman–Crippen LogP) is 1.68. The molecule has 0 amide bonds. The van der Waals surface area contributed by atoms with Gasteiger partial charge in [0.25, 0.3) is 0 Å². The summed E-state index contributed by atoms with van der Waals surface area (Å²) in [6.45, 7) is 9.06. The molecule has 0 spiro atoms. The van der Waals surface area contributed by atoms with Crippen molar-refractivity contribution in [1.82, 2.24) is 9.71 Å². The van der Waals surface area contributed by atoms with Crippen molar-refractivity contribution in [1.29, 1.82) is 0 Å². The molecule has 0 unspecified atom stereocenters. The Morgan fingerprint density at radius 3 is 2.29 bits per heavy atom. The summed E-state index contributed by atoms with van der Waals surface area (Å²) in [5, 5.41) is 0. The van der Waals surface area contributed by atoms with Gasteiger partial charge in [0.1, 0.15) is 9.88 Å². The first-order valence-corrected chi connectivity index (χ1v) is 8.65. The summed E-state index contributed by atoms with van der Waals surface area (Å²) in [7, 11) is -3.55. The fourth-order valence-electron chi connectivity index (χ4n) is 2.80. The molecule has 0 radical (unpaired) electrons. The van der Waals surface area contributed by atoms with E-state index in [2.05, 4.69) is 37.4 Å². The lowest BCUT2D eigenvalue weighted by Gasteiger charge is -2.08. The van der Waals surface area contributed by atoms with E-state index in [9.17, 15) is 8.42 Å². The second kappa shape index (κ2) is 5.00. The molecular weight excluding hydrogens is 306 g/mol.